The van der Waals surface area contributed by atoms with E-state index in [2.05, 4.69) is 10.3 Å². The Morgan fingerprint density at radius 3 is 3.00 bits per heavy atom. The molecule has 1 saturated heterocycles. The van der Waals surface area contributed by atoms with E-state index >= 15 is 0 Å². The van der Waals surface area contributed by atoms with Gasteiger partial charge in [-0.15, -0.1) is 0 Å². The van der Waals surface area contributed by atoms with Crippen molar-refractivity contribution in [2.75, 3.05) is 13.2 Å². The number of nitrogens with zero attached hydrogens (tertiary/aromatic N) is 1. The van der Waals surface area contributed by atoms with Crippen molar-refractivity contribution in [2.24, 2.45) is 5.73 Å². The first-order valence-corrected chi connectivity index (χ1v) is 7.22. The molecule has 0 bridgehead atoms. The molecule has 0 radical (unpaired) electrons. The van der Waals surface area contributed by atoms with Gasteiger partial charge in [-0.25, -0.2) is 4.98 Å². The quantitative estimate of drug-likeness (QED) is 0.873. The number of morpholine rings is 1. The van der Waals surface area contributed by atoms with Crippen LogP contribution < -0.4 is 11.1 Å². The van der Waals surface area contributed by atoms with Gasteiger partial charge in [0.2, 0.25) is 5.89 Å². The fourth-order valence-electron chi connectivity index (χ4n) is 3.16. The van der Waals surface area contributed by atoms with E-state index in [4.69, 9.17) is 14.9 Å². The van der Waals surface area contributed by atoms with Crippen LogP contribution in [0.15, 0.2) is 22.6 Å². The van der Waals surface area contributed by atoms with Crippen LogP contribution >= 0.6 is 0 Å². The van der Waals surface area contributed by atoms with Crippen LogP contribution in [0.3, 0.4) is 0 Å². The molecule has 21 heavy (non-hydrogen) atoms. The molecule has 1 aromatic carbocycles. The van der Waals surface area contributed by atoms with Crippen molar-refractivity contribution >= 4 is 17.0 Å². The third kappa shape index (κ3) is 2.02. The van der Waals surface area contributed by atoms with Gasteiger partial charge in [-0.05, 0) is 31.4 Å². The summed E-state index contributed by atoms with van der Waals surface area (Å²) >= 11 is 0. The number of carbonyl (C=O) groups excluding carboxylic acids is 1. The number of fused-ring (bicyclic) bond motifs is 1. The first-order chi connectivity index (χ1) is 10.2. The van der Waals surface area contributed by atoms with Crippen molar-refractivity contribution < 1.29 is 13.9 Å². The Balaban J connectivity index is 1.70. The van der Waals surface area contributed by atoms with E-state index in [1.807, 2.05) is 6.07 Å². The fourth-order valence-corrected chi connectivity index (χ4v) is 3.16. The van der Waals surface area contributed by atoms with Gasteiger partial charge < -0.3 is 14.9 Å². The summed E-state index contributed by atoms with van der Waals surface area (Å²) in [7, 11) is 0. The average molecular weight is 287 g/mol. The standard InChI is InChI=1S/C15H17N3O3/c16-13(19)9-3-1-4-10-12(9)21-14(17-10)11-7-20-8-15(18-11)5-2-6-15/h1,3-4,11,18H,2,5-8H2,(H2,16,19). The number of ether oxygens (including phenoxy) is 1. The van der Waals surface area contributed by atoms with Crippen LogP contribution in [0.1, 0.15) is 41.6 Å². The molecule has 6 heteroatoms. The third-order valence-corrected chi connectivity index (χ3v) is 4.45. The van der Waals surface area contributed by atoms with Crippen LogP contribution in [0.25, 0.3) is 11.1 Å². The minimum Gasteiger partial charge on any atom is -0.438 e. The Bertz CT molecular complexity index is 705. The van der Waals surface area contributed by atoms with E-state index in [-0.39, 0.29) is 11.6 Å². The molecular formula is C15H17N3O3. The first kappa shape index (κ1) is 12.8. The molecule has 2 aliphatic rings. The molecule has 4 rings (SSSR count). The molecule has 1 aliphatic heterocycles. The lowest BCUT2D eigenvalue weighted by molar-refractivity contribution is -0.0420. The number of carbonyl (C=O) groups is 1. The van der Waals surface area contributed by atoms with Gasteiger partial charge in [0, 0.05) is 5.54 Å². The van der Waals surface area contributed by atoms with E-state index in [0.29, 0.717) is 29.2 Å². The molecule has 1 amide bonds. The van der Waals surface area contributed by atoms with Gasteiger partial charge in [0.25, 0.3) is 5.91 Å². The van der Waals surface area contributed by atoms with Crippen LogP contribution in [0.4, 0.5) is 0 Å². The lowest BCUT2D eigenvalue weighted by atomic mass is 9.76. The number of para-hydroxylation sites is 1. The molecule has 1 unspecified atom stereocenters. The number of amides is 1. The Morgan fingerprint density at radius 2 is 2.29 bits per heavy atom. The van der Waals surface area contributed by atoms with E-state index < -0.39 is 5.91 Å². The van der Waals surface area contributed by atoms with Gasteiger partial charge in [-0.2, -0.15) is 0 Å². The molecular weight excluding hydrogens is 270 g/mol. The van der Waals surface area contributed by atoms with E-state index in [0.717, 1.165) is 19.4 Å². The number of aromatic nitrogens is 1. The second-order valence-corrected chi connectivity index (χ2v) is 5.92. The maximum Gasteiger partial charge on any atom is 0.252 e. The van der Waals surface area contributed by atoms with E-state index in [1.165, 1.54) is 6.42 Å². The largest absolute Gasteiger partial charge is 0.438 e. The maximum absolute atomic E-state index is 11.5. The summed E-state index contributed by atoms with van der Waals surface area (Å²) in [6.07, 6.45) is 3.47. The van der Waals surface area contributed by atoms with Crippen LogP contribution in [0, 0.1) is 0 Å². The summed E-state index contributed by atoms with van der Waals surface area (Å²) in [5.41, 5.74) is 6.92. The monoisotopic (exact) mass is 287 g/mol. The van der Waals surface area contributed by atoms with E-state index in [9.17, 15) is 4.79 Å². The van der Waals surface area contributed by atoms with Gasteiger partial charge in [-0.3, -0.25) is 10.1 Å². The molecule has 1 atom stereocenters. The number of nitrogens with one attached hydrogen (secondary N) is 1. The summed E-state index contributed by atoms with van der Waals surface area (Å²) in [6, 6.07) is 5.15. The molecule has 1 saturated carbocycles. The summed E-state index contributed by atoms with van der Waals surface area (Å²) in [5, 5.41) is 3.59. The van der Waals surface area contributed by atoms with Gasteiger partial charge in [0.05, 0.1) is 18.8 Å². The molecule has 110 valence electrons. The molecule has 3 N–H and O–H groups in total. The number of benzene rings is 1. The zero-order chi connectivity index (χ0) is 14.4. The zero-order valence-electron chi connectivity index (χ0n) is 11.6. The number of nitrogens with two attached hydrogens (primary N) is 1. The summed E-state index contributed by atoms with van der Waals surface area (Å²) < 4.78 is 11.5. The second kappa shape index (κ2) is 4.54. The zero-order valence-corrected chi connectivity index (χ0v) is 11.6. The number of hydrogen-bond donors (Lipinski definition) is 2. The van der Waals surface area contributed by atoms with Crippen molar-refractivity contribution in [3.63, 3.8) is 0 Å². The minimum atomic E-state index is -0.508. The lowest BCUT2D eigenvalue weighted by Crippen LogP contribution is -2.59. The summed E-state index contributed by atoms with van der Waals surface area (Å²) in [6.45, 7) is 1.27. The Hall–Kier alpha value is -1.92. The molecule has 1 aliphatic carbocycles. The van der Waals surface area contributed by atoms with Crippen LogP contribution in [0.5, 0.6) is 0 Å². The Labute approximate surface area is 121 Å². The average Bonchev–Trinajstić information content (AvgIpc) is 2.89. The predicted octanol–water partition coefficient (Wildman–Crippen LogP) is 1.51. The summed E-state index contributed by atoms with van der Waals surface area (Å²) in [4.78, 5) is 15.9. The molecule has 2 aromatic rings. The Kier molecular flexibility index (Phi) is 2.77. The summed E-state index contributed by atoms with van der Waals surface area (Å²) in [5.74, 6) is 0.0521. The van der Waals surface area contributed by atoms with Crippen molar-refractivity contribution in [1.82, 2.24) is 10.3 Å². The third-order valence-electron chi connectivity index (χ3n) is 4.45. The van der Waals surface area contributed by atoms with Crippen molar-refractivity contribution in [3.05, 3.63) is 29.7 Å². The normalized spacial score (nSPS) is 24.1. The van der Waals surface area contributed by atoms with Crippen molar-refractivity contribution in [3.8, 4) is 0 Å². The maximum atomic E-state index is 11.5. The molecule has 2 fully saturated rings. The van der Waals surface area contributed by atoms with Crippen LogP contribution in [-0.4, -0.2) is 29.6 Å². The number of rotatable bonds is 2. The van der Waals surface area contributed by atoms with Gasteiger partial charge in [0.15, 0.2) is 5.58 Å². The number of oxazole rings is 1. The topological polar surface area (TPSA) is 90.4 Å². The first-order valence-electron chi connectivity index (χ1n) is 7.22. The number of hydrogen-bond acceptors (Lipinski definition) is 5. The highest BCUT2D eigenvalue weighted by Gasteiger charge is 2.43. The van der Waals surface area contributed by atoms with Gasteiger partial charge in [-0.1, -0.05) is 6.07 Å². The smallest absolute Gasteiger partial charge is 0.252 e. The minimum absolute atomic E-state index is 0.0767. The van der Waals surface area contributed by atoms with Crippen LogP contribution in [-0.2, 0) is 4.74 Å². The highest BCUT2D eigenvalue weighted by atomic mass is 16.5. The van der Waals surface area contributed by atoms with Crippen molar-refractivity contribution in [1.29, 1.82) is 0 Å². The van der Waals surface area contributed by atoms with Gasteiger partial charge >= 0.3 is 0 Å². The Morgan fingerprint density at radius 1 is 1.43 bits per heavy atom. The predicted molar refractivity (Wildman–Crippen MR) is 75.8 cm³/mol. The number of primary amides is 1. The molecule has 1 spiro atoms. The van der Waals surface area contributed by atoms with Gasteiger partial charge in [0.1, 0.15) is 11.6 Å². The van der Waals surface area contributed by atoms with Crippen LogP contribution in [0.2, 0.25) is 0 Å². The van der Waals surface area contributed by atoms with Crippen molar-refractivity contribution in [2.45, 2.75) is 30.8 Å². The molecule has 6 nitrogen and oxygen atoms in total. The SMILES string of the molecule is NC(=O)c1cccc2nc(C3COCC4(CCC4)N3)oc12. The highest BCUT2D eigenvalue weighted by molar-refractivity contribution is 6.03. The molecule has 2 heterocycles. The fraction of sp³-hybridized carbons (Fsp3) is 0.467. The lowest BCUT2D eigenvalue weighted by Gasteiger charge is -2.47. The second-order valence-electron chi connectivity index (χ2n) is 5.92. The molecule has 1 aromatic heterocycles. The highest BCUT2D eigenvalue weighted by Crippen LogP contribution is 2.37. The van der Waals surface area contributed by atoms with E-state index in [1.54, 1.807) is 12.1 Å².